The van der Waals surface area contributed by atoms with Gasteiger partial charge < -0.3 is 19.7 Å². The van der Waals surface area contributed by atoms with Crippen molar-refractivity contribution in [2.45, 2.75) is 24.5 Å². The molecule has 0 aliphatic heterocycles. The molecule has 34 heavy (non-hydrogen) atoms. The van der Waals surface area contributed by atoms with Crippen LogP contribution in [0.1, 0.15) is 24.1 Å². The molecular weight excluding hydrogens is 472 g/mol. The molecule has 2 aromatic carbocycles. The number of halogens is 1. The number of likely N-dealkylation sites (N-methyl/N-ethyl adjacent to an activating group) is 1. The summed E-state index contributed by atoms with van der Waals surface area (Å²) in [6.07, 6.45) is 0.779. The molecule has 0 bridgehead atoms. The molecule has 7 nitrogen and oxygen atoms in total. The fraction of sp³-hybridized carbons (Fsp3) is 0.320. The van der Waals surface area contributed by atoms with E-state index in [1.807, 2.05) is 67.4 Å². The second kappa shape index (κ2) is 12.5. The quantitative estimate of drug-likeness (QED) is 0.230. The number of hydrogen-bond acceptors (Lipinski definition) is 7. The number of anilines is 1. The van der Waals surface area contributed by atoms with E-state index in [9.17, 15) is 4.79 Å². The average molecular weight is 501 g/mol. The molecule has 1 N–H and O–H groups in total. The number of rotatable bonds is 11. The molecule has 0 aliphatic rings. The van der Waals surface area contributed by atoms with Crippen molar-refractivity contribution in [3.05, 3.63) is 70.9 Å². The van der Waals surface area contributed by atoms with Crippen LogP contribution < -0.4 is 19.7 Å². The summed E-state index contributed by atoms with van der Waals surface area (Å²) in [5.74, 6) is 2.21. The molecule has 1 aromatic heterocycles. The lowest BCUT2D eigenvalue weighted by Gasteiger charge is -2.19. The third kappa shape index (κ3) is 7.27. The number of amides is 1. The van der Waals surface area contributed by atoms with Crippen molar-refractivity contribution in [2.75, 3.05) is 38.5 Å². The third-order valence-corrected chi connectivity index (χ3v) is 6.29. The largest absolute Gasteiger partial charge is 0.493 e. The van der Waals surface area contributed by atoms with Crippen molar-refractivity contribution < 1.29 is 14.3 Å². The summed E-state index contributed by atoms with van der Waals surface area (Å²) in [5.41, 5.74) is 2.17. The van der Waals surface area contributed by atoms with Crippen molar-refractivity contribution in [3.8, 4) is 11.5 Å². The Morgan fingerprint density at radius 1 is 1.09 bits per heavy atom. The van der Waals surface area contributed by atoms with Crippen LogP contribution in [0.5, 0.6) is 11.5 Å². The first kappa shape index (κ1) is 25.6. The zero-order valence-electron chi connectivity index (χ0n) is 19.7. The molecular formula is C25H29ClN4O3S. The molecule has 0 spiro atoms. The zero-order chi connectivity index (χ0) is 24.5. The fourth-order valence-electron chi connectivity index (χ4n) is 3.33. The SMILES string of the molecule is COc1ccc(CCN(C)c2cc(Cl)nc(SCC(=O)NC(C)c3ccccc3)n2)cc1OC. The maximum absolute atomic E-state index is 12.4. The first-order valence-corrected chi connectivity index (χ1v) is 12.2. The number of thioether (sulfide) groups is 1. The zero-order valence-corrected chi connectivity index (χ0v) is 21.3. The van der Waals surface area contributed by atoms with Crippen LogP contribution in [0.25, 0.3) is 0 Å². The van der Waals surface area contributed by atoms with Gasteiger partial charge in [0.05, 0.1) is 26.0 Å². The molecule has 9 heteroatoms. The van der Waals surface area contributed by atoms with Crippen molar-refractivity contribution in [1.82, 2.24) is 15.3 Å². The molecule has 1 amide bonds. The Labute approximate surface area is 209 Å². The summed E-state index contributed by atoms with van der Waals surface area (Å²) in [7, 11) is 5.19. The van der Waals surface area contributed by atoms with Crippen LogP contribution in [-0.2, 0) is 11.2 Å². The number of methoxy groups -OCH3 is 2. The lowest BCUT2D eigenvalue weighted by atomic mass is 10.1. The number of aromatic nitrogens is 2. The number of carbonyl (C=O) groups is 1. The number of hydrogen-bond donors (Lipinski definition) is 1. The van der Waals surface area contributed by atoms with Gasteiger partial charge in [-0.25, -0.2) is 9.97 Å². The van der Waals surface area contributed by atoms with E-state index in [2.05, 4.69) is 15.3 Å². The monoisotopic (exact) mass is 500 g/mol. The highest BCUT2D eigenvalue weighted by atomic mass is 35.5. The Kier molecular flexibility index (Phi) is 9.42. The first-order valence-electron chi connectivity index (χ1n) is 10.8. The summed E-state index contributed by atoms with van der Waals surface area (Å²) < 4.78 is 10.7. The minimum absolute atomic E-state index is 0.0761. The van der Waals surface area contributed by atoms with Crippen LogP contribution in [0.2, 0.25) is 5.15 Å². The molecule has 3 aromatic rings. The summed E-state index contributed by atoms with van der Waals surface area (Å²) in [5, 5.41) is 3.79. The number of ether oxygens (including phenoxy) is 2. The van der Waals surface area contributed by atoms with E-state index in [0.717, 1.165) is 17.5 Å². The van der Waals surface area contributed by atoms with Crippen LogP contribution >= 0.6 is 23.4 Å². The predicted molar refractivity (Wildman–Crippen MR) is 137 cm³/mol. The summed E-state index contributed by atoms with van der Waals surface area (Å²) in [6, 6.07) is 17.4. The van der Waals surface area contributed by atoms with E-state index in [1.54, 1.807) is 20.3 Å². The van der Waals surface area contributed by atoms with Gasteiger partial charge in [0.2, 0.25) is 5.91 Å². The fourth-order valence-corrected chi connectivity index (χ4v) is 4.22. The van der Waals surface area contributed by atoms with Gasteiger partial charge in [-0.3, -0.25) is 4.79 Å². The molecule has 0 radical (unpaired) electrons. The first-order chi connectivity index (χ1) is 16.4. The topological polar surface area (TPSA) is 76.6 Å². The Balaban J connectivity index is 1.57. The lowest BCUT2D eigenvalue weighted by molar-refractivity contribution is -0.119. The minimum Gasteiger partial charge on any atom is -0.493 e. The number of nitrogens with one attached hydrogen (secondary N) is 1. The summed E-state index contributed by atoms with van der Waals surface area (Å²) in [4.78, 5) is 23.3. The lowest BCUT2D eigenvalue weighted by Crippen LogP contribution is -2.28. The molecule has 0 saturated carbocycles. The van der Waals surface area contributed by atoms with Crippen LogP contribution in [0.4, 0.5) is 5.82 Å². The van der Waals surface area contributed by atoms with Crippen molar-refractivity contribution in [3.63, 3.8) is 0 Å². The standard InChI is InChI=1S/C25H29ClN4O3S/c1-17(19-8-6-5-7-9-19)27-24(31)16-34-25-28-22(26)15-23(29-25)30(2)13-12-18-10-11-20(32-3)21(14-18)33-4/h5-11,14-15,17H,12-13,16H2,1-4H3,(H,27,31). The van der Waals surface area contributed by atoms with Crippen LogP contribution in [0.15, 0.2) is 59.8 Å². The minimum atomic E-state index is -0.0895. The highest BCUT2D eigenvalue weighted by Gasteiger charge is 2.13. The van der Waals surface area contributed by atoms with E-state index in [1.165, 1.54) is 11.8 Å². The van der Waals surface area contributed by atoms with Crippen LogP contribution in [0.3, 0.4) is 0 Å². The molecule has 0 saturated heterocycles. The Morgan fingerprint density at radius 3 is 2.53 bits per heavy atom. The van der Waals surface area contributed by atoms with E-state index in [-0.39, 0.29) is 17.7 Å². The maximum atomic E-state index is 12.4. The van der Waals surface area contributed by atoms with Gasteiger partial charge in [0.15, 0.2) is 16.7 Å². The third-order valence-electron chi connectivity index (χ3n) is 5.25. The van der Waals surface area contributed by atoms with Crippen LogP contribution in [-0.4, -0.2) is 49.4 Å². The van der Waals surface area contributed by atoms with Crippen LogP contribution in [0, 0.1) is 0 Å². The molecule has 1 atom stereocenters. The van der Waals surface area contributed by atoms with Gasteiger partial charge in [0, 0.05) is 19.7 Å². The second-order valence-electron chi connectivity index (χ2n) is 7.68. The van der Waals surface area contributed by atoms with Crippen molar-refractivity contribution >= 4 is 35.1 Å². The Morgan fingerprint density at radius 2 is 1.82 bits per heavy atom. The predicted octanol–water partition coefficient (Wildman–Crippen LogP) is 4.80. The number of carbonyl (C=O) groups excluding carboxylic acids is 1. The van der Waals surface area contributed by atoms with Gasteiger partial charge in [-0.15, -0.1) is 0 Å². The highest BCUT2D eigenvalue weighted by molar-refractivity contribution is 7.99. The smallest absolute Gasteiger partial charge is 0.230 e. The van der Waals surface area contributed by atoms with Gasteiger partial charge >= 0.3 is 0 Å². The normalized spacial score (nSPS) is 11.6. The van der Waals surface area contributed by atoms with Crippen molar-refractivity contribution in [1.29, 1.82) is 0 Å². The number of benzene rings is 2. The summed E-state index contributed by atoms with van der Waals surface area (Å²) >= 11 is 7.50. The Hall–Kier alpha value is -2.97. The molecule has 0 fully saturated rings. The van der Waals surface area contributed by atoms with Crippen molar-refractivity contribution in [2.24, 2.45) is 0 Å². The molecule has 1 heterocycles. The Bertz CT molecular complexity index is 1100. The summed E-state index contributed by atoms with van der Waals surface area (Å²) in [6.45, 7) is 2.67. The van der Waals surface area contributed by atoms with Gasteiger partial charge in [0.25, 0.3) is 0 Å². The van der Waals surface area contributed by atoms with E-state index in [0.29, 0.717) is 34.2 Å². The van der Waals surface area contributed by atoms with Gasteiger partial charge in [0.1, 0.15) is 11.0 Å². The van der Waals surface area contributed by atoms with E-state index < -0.39 is 0 Å². The molecule has 180 valence electrons. The van der Waals surface area contributed by atoms with Gasteiger partial charge in [-0.1, -0.05) is 59.8 Å². The second-order valence-corrected chi connectivity index (χ2v) is 9.01. The highest BCUT2D eigenvalue weighted by Crippen LogP contribution is 2.28. The molecule has 0 aliphatic carbocycles. The van der Waals surface area contributed by atoms with E-state index in [4.69, 9.17) is 21.1 Å². The number of nitrogens with zero attached hydrogens (tertiary/aromatic N) is 3. The molecule has 3 rings (SSSR count). The average Bonchev–Trinajstić information content (AvgIpc) is 2.86. The van der Waals surface area contributed by atoms with E-state index >= 15 is 0 Å². The molecule has 1 unspecified atom stereocenters. The maximum Gasteiger partial charge on any atom is 0.230 e. The van der Waals surface area contributed by atoms with Gasteiger partial charge in [-0.2, -0.15) is 0 Å². The van der Waals surface area contributed by atoms with Gasteiger partial charge in [-0.05, 0) is 36.6 Å².